The van der Waals surface area contributed by atoms with Gasteiger partial charge in [-0.3, -0.25) is 24.7 Å². The SMILES string of the molecule is CCN(CC)CCN1C(=O)C(=O)C(=C(O)c2ccncc2)[C@@H]1c1cccc([N+](=O)[O-])c1. The number of amides is 1. The third kappa shape index (κ3) is 4.46. The number of benzene rings is 1. The number of nitro groups is 1. The van der Waals surface area contributed by atoms with E-state index in [1.54, 1.807) is 6.07 Å². The largest absolute Gasteiger partial charge is 0.507 e. The molecule has 162 valence electrons. The molecular weight excluding hydrogens is 400 g/mol. The van der Waals surface area contributed by atoms with Crippen LogP contribution in [0.15, 0.2) is 54.4 Å². The highest BCUT2D eigenvalue weighted by Gasteiger charge is 2.46. The Morgan fingerprint density at radius 1 is 1.19 bits per heavy atom. The van der Waals surface area contributed by atoms with Crippen LogP contribution in [0.2, 0.25) is 0 Å². The summed E-state index contributed by atoms with van der Waals surface area (Å²) in [5.74, 6) is -1.88. The van der Waals surface area contributed by atoms with Crippen molar-refractivity contribution in [1.82, 2.24) is 14.8 Å². The van der Waals surface area contributed by atoms with Crippen LogP contribution in [0.3, 0.4) is 0 Å². The number of carbonyl (C=O) groups is 2. The van der Waals surface area contributed by atoms with Crippen molar-refractivity contribution < 1.29 is 19.6 Å². The number of rotatable bonds is 8. The molecule has 3 rings (SSSR count). The first-order valence-electron chi connectivity index (χ1n) is 10.0. The second-order valence-electron chi connectivity index (χ2n) is 7.11. The first kappa shape index (κ1) is 22.1. The van der Waals surface area contributed by atoms with E-state index >= 15 is 0 Å². The van der Waals surface area contributed by atoms with Gasteiger partial charge in [-0.15, -0.1) is 0 Å². The number of Topliss-reactive ketones (excluding diaryl/α,β-unsaturated/α-hetero) is 1. The summed E-state index contributed by atoms with van der Waals surface area (Å²) in [6, 6.07) is 7.93. The number of likely N-dealkylation sites (tertiary alicyclic amines) is 1. The summed E-state index contributed by atoms with van der Waals surface area (Å²) in [7, 11) is 0. The Morgan fingerprint density at radius 3 is 2.48 bits per heavy atom. The van der Waals surface area contributed by atoms with E-state index in [2.05, 4.69) is 9.88 Å². The van der Waals surface area contributed by atoms with Crippen molar-refractivity contribution in [3.8, 4) is 0 Å². The molecule has 0 unspecified atom stereocenters. The molecule has 0 radical (unpaired) electrons. The molecular formula is C22H24N4O5. The molecule has 1 aliphatic rings. The fourth-order valence-electron chi connectivity index (χ4n) is 3.72. The summed E-state index contributed by atoms with van der Waals surface area (Å²) in [6.07, 6.45) is 2.93. The molecule has 9 nitrogen and oxygen atoms in total. The molecule has 0 aliphatic carbocycles. The van der Waals surface area contributed by atoms with Gasteiger partial charge in [-0.05, 0) is 30.8 Å². The fourth-order valence-corrected chi connectivity index (χ4v) is 3.72. The minimum atomic E-state index is -0.927. The fraction of sp³-hybridized carbons (Fsp3) is 0.318. The van der Waals surface area contributed by atoms with Crippen LogP contribution in [-0.2, 0) is 9.59 Å². The molecule has 1 aliphatic heterocycles. The van der Waals surface area contributed by atoms with Gasteiger partial charge in [0.05, 0.1) is 16.5 Å². The maximum Gasteiger partial charge on any atom is 0.295 e. The number of nitro benzene ring substituents is 1. The zero-order chi connectivity index (χ0) is 22.5. The molecule has 1 saturated heterocycles. The van der Waals surface area contributed by atoms with Crippen LogP contribution in [-0.4, -0.2) is 62.7 Å². The van der Waals surface area contributed by atoms with Crippen LogP contribution < -0.4 is 0 Å². The molecule has 1 fully saturated rings. The van der Waals surface area contributed by atoms with Crippen molar-refractivity contribution in [2.45, 2.75) is 19.9 Å². The van der Waals surface area contributed by atoms with Crippen molar-refractivity contribution in [3.63, 3.8) is 0 Å². The van der Waals surface area contributed by atoms with Crippen LogP contribution in [0.4, 0.5) is 5.69 Å². The highest BCUT2D eigenvalue weighted by molar-refractivity contribution is 6.46. The second-order valence-corrected chi connectivity index (χ2v) is 7.11. The lowest BCUT2D eigenvalue weighted by atomic mass is 9.95. The van der Waals surface area contributed by atoms with Gasteiger partial charge in [0.15, 0.2) is 0 Å². The zero-order valence-corrected chi connectivity index (χ0v) is 17.4. The first-order valence-corrected chi connectivity index (χ1v) is 10.0. The number of nitrogens with zero attached hydrogens (tertiary/aromatic N) is 4. The number of carbonyl (C=O) groups excluding carboxylic acids is 2. The molecule has 0 saturated carbocycles. The van der Waals surface area contributed by atoms with E-state index in [-0.39, 0.29) is 23.6 Å². The van der Waals surface area contributed by atoms with Crippen LogP contribution in [0.5, 0.6) is 0 Å². The third-order valence-electron chi connectivity index (χ3n) is 5.44. The van der Waals surface area contributed by atoms with Crippen LogP contribution >= 0.6 is 0 Å². The van der Waals surface area contributed by atoms with Crippen molar-refractivity contribution in [1.29, 1.82) is 0 Å². The Morgan fingerprint density at radius 2 is 1.87 bits per heavy atom. The quantitative estimate of drug-likeness (QED) is 0.228. The lowest BCUT2D eigenvalue weighted by Crippen LogP contribution is -2.38. The highest BCUT2D eigenvalue weighted by atomic mass is 16.6. The topological polar surface area (TPSA) is 117 Å². The average Bonchev–Trinajstić information content (AvgIpc) is 3.05. The minimum absolute atomic E-state index is 0.0868. The van der Waals surface area contributed by atoms with E-state index in [0.717, 1.165) is 13.1 Å². The van der Waals surface area contributed by atoms with E-state index in [1.165, 1.54) is 47.6 Å². The number of aliphatic hydroxyl groups excluding tert-OH is 1. The number of non-ortho nitro benzene ring substituents is 1. The van der Waals surface area contributed by atoms with Gasteiger partial charge >= 0.3 is 0 Å². The standard InChI is InChI=1S/C22H24N4O5/c1-3-24(4-2)12-13-25-19(16-6-5-7-17(14-16)26(30)31)18(21(28)22(25)29)20(27)15-8-10-23-11-9-15/h5-11,14,19,27H,3-4,12-13H2,1-2H3/t19-/m0/s1. The van der Waals surface area contributed by atoms with Gasteiger partial charge in [0.1, 0.15) is 5.76 Å². The van der Waals surface area contributed by atoms with Gasteiger partial charge < -0.3 is 14.9 Å². The van der Waals surface area contributed by atoms with Gasteiger partial charge in [-0.1, -0.05) is 26.0 Å². The van der Waals surface area contributed by atoms with E-state index in [4.69, 9.17) is 0 Å². The molecule has 0 spiro atoms. The van der Waals surface area contributed by atoms with Crippen LogP contribution in [0, 0.1) is 10.1 Å². The monoisotopic (exact) mass is 424 g/mol. The lowest BCUT2D eigenvalue weighted by molar-refractivity contribution is -0.384. The summed E-state index contributed by atoms with van der Waals surface area (Å²) in [5.41, 5.74) is 0.489. The van der Waals surface area contributed by atoms with Crippen molar-refractivity contribution in [3.05, 3.63) is 75.6 Å². The smallest absolute Gasteiger partial charge is 0.295 e. The molecule has 2 aromatic rings. The molecule has 2 heterocycles. The molecule has 9 heteroatoms. The number of hydrogen-bond acceptors (Lipinski definition) is 7. The number of aliphatic hydroxyl groups is 1. The number of likely N-dealkylation sites (N-methyl/N-ethyl adjacent to an activating group) is 1. The average molecular weight is 424 g/mol. The molecule has 1 amide bonds. The number of ketones is 1. The van der Waals surface area contributed by atoms with Crippen molar-refractivity contribution >= 4 is 23.1 Å². The number of hydrogen-bond donors (Lipinski definition) is 1. The molecule has 0 bridgehead atoms. The first-order chi connectivity index (χ1) is 14.9. The zero-order valence-electron chi connectivity index (χ0n) is 17.4. The van der Waals surface area contributed by atoms with Gasteiger partial charge in [0.25, 0.3) is 17.4 Å². The highest BCUT2D eigenvalue weighted by Crippen LogP contribution is 2.40. The molecule has 1 atom stereocenters. The molecule has 1 N–H and O–H groups in total. The molecule has 1 aromatic heterocycles. The van der Waals surface area contributed by atoms with Crippen LogP contribution in [0.1, 0.15) is 31.0 Å². The summed E-state index contributed by atoms with van der Waals surface area (Å²) in [4.78, 5) is 44.0. The number of pyridine rings is 1. The van der Waals surface area contributed by atoms with Crippen molar-refractivity contribution in [2.75, 3.05) is 26.2 Å². The van der Waals surface area contributed by atoms with Crippen LogP contribution in [0.25, 0.3) is 5.76 Å². The summed E-state index contributed by atoms with van der Waals surface area (Å²) >= 11 is 0. The van der Waals surface area contributed by atoms with Crippen molar-refractivity contribution in [2.24, 2.45) is 0 Å². The van der Waals surface area contributed by atoms with E-state index in [1.807, 2.05) is 13.8 Å². The Bertz CT molecular complexity index is 1020. The van der Waals surface area contributed by atoms with Gasteiger partial charge in [0.2, 0.25) is 0 Å². The van der Waals surface area contributed by atoms with E-state index in [0.29, 0.717) is 17.7 Å². The maximum absolute atomic E-state index is 12.9. The van der Waals surface area contributed by atoms with Gasteiger partial charge in [-0.2, -0.15) is 0 Å². The summed E-state index contributed by atoms with van der Waals surface area (Å²) < 4.78 is 0. The second kappa shape index (κ2) is 9.48. The normalized spacial score (nSPS) is 18.0. The predicted octanol–water partition coefficient (Wildman–Crippen LogP) is 2.75. The van der Waals surface area contributed by atoms with Gasteiger partial charge in [0, 0.05) is 43.2 Å². The lowest BCUT2D eigenvalue weighted by Gasteiger charge is -2.28. The summed E-state index contributed by atoms with van der Waals surface area (Å²) in [6.45, 7) is 6.32. The predicted molar refractivity (Wildman–Crippen MR) is 114 cm³/mol. The minimum Gasteiger partial charge on any atom is -0.507 e. The summed E-state index contributed by atoms with van der Waals surface area (Å²) in [5, 5.41) is 22.2. The molecule has 1 aromatic carbocycles. The van der Waals surface area contributed by atoms with E-state index in [9.17, 15) is 24.8 Å². The Hall–Kier alpha value is -3.59. The Labute approximate surface area is 179 Å². The number of aromatic nitrogens is 1. The van der Waals surface area contributed by atoms with E-state index < -0.39 is 22.7 Å². The van der Waals surface area contributed by atoms with Gasteiger partial charge in [-0.25, -0.2) is 0 Å². The molecule has 31 heavy (non-hydrogen) atoms. The maximum atomic E-state index is 12.9. The Balaban J connectivity index is 2.13. The third-order valence-corrected chi connectivity index (χ3v) is 5.44. The Kier molecular flexibility index (Phi) is 6.76.